The van der Waals surface area contributed by atoms with Crippen molar-refractivity contribution < 1.29 is 9.53 Å². The van der Waals surface area contributed by atoms with Gasteiger partial charge < -0.3 is 9.64 Å². The van der Waals surface area contributed by atoms with E-state index in [9.17, 15) is 4.79 Å². The molecule has 1 saturated heterocycles. The van der Waals surface area contributed by atoms with Crippen LogP contribution in [0.3, 0.4) is 0 Å². The second kappa shape index (κ2) is 6.91. The molecular weight excluding hydrogens is 308 g/mol. The molecule has 0 radical (unpaired) electrons. The molecule has 1 aromatic rings. The normalized spacial score (nSPS) is 16.4. The fraction of sp³-hybridized carbons (Fsp3) is 0.500. The van der Waals surface area contributed by atoms with Crippen molar-refractivity contribution in [1.29, 1.82) is 0 Å². The lowest BCUT2D eigenvalue weighted by Crippen LogP contribution is -2.48. The van der Waals surface area contributed by atoms with Gasteiger partial charge in [0.2, 0.25) is 5.91 Å². The summed E-state index contributed by atoms with van der Waals surface area (Å²) >= 11 is 3.40. The number of piperazine rings is 1. The van der Waals surface area contributed by atoms with Gasteiger partial charge in [-0.15, -0.1) is 0 Å². The number of amides is 1. The highest BCUT2D eigenvalue weighted by molar-refractivity contribution is 9.10. The van der Waals surface area contributed by atoms with Gasteiger partial charge in [0.15, 0.2) is 0 Å². The van der Waals surface area contributed by atoms with Crippen LogP contribution in [-0.4, -0.2) is 55.0 Å². The Labute approximate surface area is 122 Å². The van der Waals surface area contributed by atoms with Crippen LogP contribution in [0.2, 0.25) is 0 Å². The first-order valence-corrected chi connectivity index (χ1v) is 7.31. The molecule has 1 aliphatic rings. The summed E-state index contributed by atoms with van der Waals surface area (Å²) in [4.78, 5) is 15.4. The van der Waals surface area contributed by atoms with Crippen molar-refractivity contribution in [3.63, 3.8) is 0 Å². The maximum absolute atomic E-state index is 11.2. The number of ether oxygens (including phenoxy) is 1. The third-order valence-electron chi connectivity index (χ3n) is 3.31. The quantitative estimate of drug-likeness (QED) is 0.848. The van der Waals surface area contributed by atoms with Gasteiger partial charge in [-0.1, -0.05) is 15.9 Å². The molecule has 4 nitrogen and oxygen atoms in total. The molecule has 1 heterocycles. The highest BCUT2D eigenvalue weighted by atomic mass is 79.9. The van der Waals surface area contributed by atoms with Crippen LogP contribution < -0.4 is 4.74 Å². The molecule has 0 aliphatic carbocycles. The van der Waals surface area contributed by atoms with Crippen LogP contribution in [0, 0.1) is 0 Å². The molecule has 0 spiro atoms. The van der Waals surface area contributed by atoms with Crippen LogP contribution in [0.25, 0.3) is 0 Å². The summed E-state index contributed by atoms with van der Waals surface area (Å²) in [6.45, 7) is 6.74. The Morgan fingerprint density at radius 2 is 1.84 bits per heavy atom. The average molecular weight is 327 g/mol. The molecule has 19 heavy (non-hydrogen) atoms. The number of benzene rings is 1. The van der Waals surface area contributed by atoms with Crippen molar-refractivity contribution in [3.8, 4) is 5.75 Å². The zero-order chi connectivity index (χ0) is 13.7. The van der Waals surface area contributed by atoms with Crippen molar-refractivity contribution in [3.05, 3.63) is 28.7 Å². The molecular formula is C14H19BrN2O2. The van der Waals surface area contributed by atoms with E-state index in [1.54, 1.807) is 6.92 Å². The molecule has 1 amide bonds. The van der Waals surface area contributed by atoms with Gasteiger partial charge in [0, 0.05) is 44.1 Å². The third-order valence-corrected chi connectivity index (χ3v) is 3.84. The average Bonchev–Trinajstić information content (AvgIpc) is 2.41. The fourth-order valence-electron chi connectivity index (χ4n) is 2.11. The molecule has 104 valence electrons. The number of halogens is 1. The first-order valence-electron chi connectivity index (χ1n) is 6.51. The molecule has 0 aromatic heterocycles. The predicted molar refractivity (Wildman–Crippen MR) is 78.3 cm³/mol. The summed E-state index contributed by atoms with van der Waals surface area (Å²) in [5.41, 5.74) is 0. The molecule has 1 aliphatic heterocycles. The van der Waals surface area contributed by atoms with Crippen LogP contribution in [0.4, 0.5) is 0 Å². The molecule has 1 aromatic carbocycles. The minimum atomic E-state index is 0.172. The van der Waals surface area contributed by atoms with Crippen LogP contribution >= 0.6 is 15.9 Å². The van der Waals surface area contributed by atoms with Crippen molar-refractivity contribution >= 4 is 21.8 Å². The minimum absolute atomic E-state index is 0.172. The largest absolute Gasteiger partial charge is 0.492 e. The van der Waals surface area contributed by atoms with E-state index in [0.29, 0.717) is 6.61 Å². The van der Waals surface area contributed by atoms with Crippen LogP contribution in [0.15, 0.2) is 28.7 Å². The molecule has 0 unspecified atom stereocenters. The highest BCUT2D eigenvalue weighted by Gasteiger charge is 2.17. The van der Waals surface area contributed by atoms with E-state index < -0.39 is 0 Å². The van der Waals surface area contributed by atoms with Crippen molar-refractivity contribution in [1.82, 2.24) is 9.80 Å². The number of nitrogens with zero attached hydrogens (tertiary/aromatic N) is 2. The number of hydrogen-bond acceptors (Lipinski definition) is 3. The van der Waals surface area contributed by atoms with Crippen molar-refractivity contribution in [2.24, 2.45) is 0 Å². The summed E-state index contributed by atoms with van der Waals surface area (Å²) in [5.74, 6) is 1.07. The number of hydrogen-bond donors (Lipinski definition) is 0. The monoisotopic (exact) mass is 326 g/mol. The SMILES string of the molecule is CC(=O)N1CCN(CCOc2ccc(Br)cc2)CC1. The lowest BCUT2D eigenvalue weighted by molar-refractivity contribution is -0.130. The Morgan fingerprint density at radius 3 is 2.42 bits per heavy atom. The first kappa shape index (κ1) is 14.3. The minimum Gasteiger partial charge on any atom is -0.492 e. The molecule has 0 atom stereocenters. The number of carbonyl (C=O) groups is 1. The number of carbonyl (C=O) groups excluding carboxylic acids is 1. The predicted octanol–water partition coefficient (Wildman–Crippen LogP) is 1.99. The summed E-state index contributed by atoms with van der Waals surface area (Å²) in [5, 5.41) is 0. The van der Waals surface area contributed by atoms with E-state index in [1.807, 2.05) is 29.2 Å². The van der Waals surface area contributed by atoms with E-state index in [-0.39, 0.29) is 5.91 Å². The zero-order valence-corrected chi connectivity index (χ0v) is 12.7. The maximum Gasteiger partial charge on any atom is 0.219 e. The summed E-state index contributed by atoms with van der Waals surface area (Å²) < 4.78 is 6.75. The van der Waals surface area contributed by atoms with Gasteiger partial charge in [0.05, 0.1) is 0 Å². The third kappa shape index (κ3) is 4.51. The van der Waals surface area contributed by atoms with Gasteiger partial charge in [-0.3, -0.25) is 9.69 Å². The van der Waals surface area contributed by atoms with E-state index >= 15 is 0 Å². The second-order valence-electron chi connectivity index (χ2n) is 4.65. The topological polar surface area (TPSA) is 32.8 Å². The summed E-state index contributed by atoms with van der Waals surface area (Å²) in [6, 6.07) is 7.86. The Hall–Kier alpha value is -1.07. The molecule has 0 saturated carbocycles. The Bertz CT molecular complexity index is 414. The van der Waals surface area contributed by atoms with E-state index in [1.165, 1.54) is 0 Å². The lowest BCUT2D eigenvalue weighted by Gasteiger charge is -2.34. The van der Waals surface area contributed by atoms with Gasteiger partial charge in [-0.05, 0) is 24.3 Å². The second-order valence-corrected chi connectivity index (χ2v) is 5.57. The molecule has 0 N–H and O–H groups in total. The standard InChI is InChI=1S/C14H19BrN2O2/c1-12(18)17-8-6-16(7-9-17)10-11-19-14-4-2-13(15)3-5-14/h2-5H,6-11H2,1H3. The van der Waals surface area contributed by atoms with Crippen LogP contribution in [-0.2, 0) is 4.79 Å². The van der Waals surface area contributed by atoms with Gasteiger partial charge >= 0.3 is 0 Å². The molecule has 1 fully saturated rings. The molecule has 5 heteroatoms. The van der Waals surface area contributed by atoms with Gasteiger partial charge in [-0.25, -0.2) is 0 Å². The summed E-state index contributed by atoms with van der Waals surface area (Å²) in [7, 11) is 0. The van der Waals surface area contributed by atoms with Crippen LogP contribution in [0.5, 0.6) is 5.75 Å². The highest BCUT2D eigenvalue weighted by Crippen LogP contribution is 2.16. The Morgan fingerprint density at radius 1 is 1.21 bits per heavy atom. The van der Waals surface area contributed by atoms with Crippen LogP contribution in [0.1, 0.15) is 6.92 Å². The smallest absolute Gasteiger partial charge is 0.219 e. The Balaban J connectivity index is 1.67. The zero-order valence-electron chi connectivity index (χ0n) is 11.1. The van der Waals surface area contributed by atoms with Crippen molar-refractivity contribution in [2.45, 2.75) is 6.92 Å². The summed E-state index contributed by atoms with van der Waals surface area (Å²) in [6.07, 6.45) is 0. The lowest BCUT2D eigenvalue weighted by atomic mass is 10.3. The van der Waals surface area contributed by atoms with E-state index in [0.717, 1.165) is 42.9 Å². The van der Waals surface area contributed by atoms with Gasteiger partial charge in [-0.2, -0.15) is 0 Å². The van der Waals surface area contributed by atoms with E-state index in [4.69, 9.17) is 4.74 Å². The molecule has 0 bridgehead atoms. The van der Waals surface area contributed by atoms with Gasteiger partial charge in [0.25, 0.3) is 0 Å². The number of rotatable bonds is 4. The molecule has 2 rings (SSSR count). The Kier molecular flexibility index (Phi) is 5.22. The first-order chi connectivity index (χ1) is 9.15. The fourth-order valence-corrected chi connectivity index (χ4v) is 2.37. The van der Waals surface area contributed by atoms with E-state index in [2.05, 4.69) is 20.8 Å². The maximum atomic E-state index is 11.2. The van der Waals surface area contributed by atoms with Crippen molar-refractivity contribution in [2.75, 3.05) is 39.3 Å². The van der Waals surface area contributed by atoms with Gasteiger partial charge in [0.1, 0.15) is 12.4 Å².